The van der Waals surface area contributed by atoms with E-state index < -0.39 is 12.4 Å². The summed E-state index contributed by atoms with van der Waals surface area (Å²) in [5, 5.41) is 13.1. The number of aromatic nitrogens is 3. The van der Waals surface area contributed by atoms with Crippen molar-refractivity contribution in [1.29, 1.82) is 0 Å². The molecule has 0 unspecified atom stereocenters. The quantitative estimate of drug-likeness (QED) is 0.222. The van der Waals surface area contributed by atoms with Crippen LogP contribution in [0.5, 0.6) is 5.75 Å². The van der Waals surface area contributed by atoms with E-state index in [0.29, 0.717) is 17.4 Å². The number of nitrogens with one attached hydrogen (secondary N) is 3. The number of ether oxygens (including phenoxy) is 1. The lowest BCUT2D eigenvalue weighted by Crippen LogP contribution is -2.41. The fourth-order valence-electron chi connectivity index (χ4n) is 3.86. The topological polar surface area (TPSA) is 93.1 Å². The number of nitrogens with zero attached hydrogens (tertiary/aromatic N) is 3. The molecule has 1 aromatic heterocycles. The summed E-state index contributed by atoms with van der Waals surface area (Å²) in [6, 6.07) is 18.2. The predicted molar refractivity (Wildman–Crippen MR) is 150 cm³/mol. The lowest BCUT2D eigenvalue weighted by atomic mass is 9.99. The Morgan fingerprint density at radius 3 is 2.40 bits per heavy atom. The van der Waals surface area contributed by atoms with E-state index in [1.54, 1.807) is 0 Å². The number of halogens is 3. The van der Waals surface area contributed by atoms with Crippen molar-refractivity contribution in [1.82, 2.24) is 25.4 Å². The van der Waals surface area contributed by atoms with Crippen LogP contribution >= 0.6 is 12.2 Å². The van der Waals surface area contributed by atoms with Gasteiger partial charge in [-0.2, -0.15) is 0 Å². The normalized spacial score (nSPS) is 11.3. The van der Waals surface area contributed by atoms with E-state index >= 15 is 0 Å². The molecule has 0 aliphatic heterocycles. The smallest absolute Gasteiger partial charge is 0.406 e. The molecule has 0 aliphatic carbocycles. The zero-order chi connectivity index (χ0) is 28.9. The Balaban J connectivity index is 1.30. The number of thiocarbonyl (C=S) groups is 1. The molecule has 3 aromatic carbocycles. The first-order chi connectivity index (χ1) is 19.0. The van der Waals surface area contributed by atoms with E-state index in [-0.39, 0.29) is 17.4 Å². The minimum Gasteiger partial charge on any atom is -0.406 e. The number of hydrogen-bond donors (Lipinski definition) is 3. The number of aryl methyl sites for hydroxylation is 1. The number of rotatable bonds is 7. The summed E-state index contributed by atoms with van der Waals surface area (Å²) in [5.74, 6) is 0.403. The number of hydrogen-bond acceptors (Lipinski definition) is 5. The van der Waals surface area contributed by atoms with Crippen molar-refractivity contribution in [3.63, 3.8) is 0 Å². The van der Waals surface area contributed by atoms with E-state index in [2.05, 4.69) is 44.6 Å². The maximum absolute atomic E-state index is 12.4. The van der Waals surface area contributed by atoms with Crippen molar-refractivity contribution < 1.29 is 22.7 Å². The van der Waals surface area contributed by atoms with Crippen LogP contribution in [0.3, 0.4) is 0 Å². The zero-order valence-electron chi connectivity index (χ0n) is 21.9. The third-order valence-corrected chi connectivity index (χ3v) is 6.00. The summed E-state index contributed by atoms with van der Waals surface area (Å²) in [6.45, 7) is 6.44. The van der Waals surface area contributed by atoms with Crippen molar-refractivity contribution in [3.8, 4) is 22.8 Å². The fourth-order valence-corrected chi connectivity index (χ4v) is 4.06. The predicted octanol–water partition coefficient (Wildman–Crippen LogP) is 6.46. The summed E-state index contributed by atoms with van der Waals surface area (Å²) < 4.78 is 42.4. The molecular weight excluding hydrogens is 541 g/mol. The van der Waals surface area contributed by atoms with Crippen LogP contribution in [-0.4, -0.2) is 32.3 Å². The second-order valence-corrected chi connectivity index (χ2v) is 9.67. The molecule has 0 saturated heterocycles. The highest BCUT2D eigenvalue weighted by atomic mass is 32.1. The monoisotopic (exact) mass is 568 g/mol. The standard InChI is InChI=1S/C28H27F3N6O2S/c1-17(2)23-13-4-18(3)14-24(23)34-27(40)35-26(38)32-15-19-5-7-20(8-6-19)25-33-16-37(36-25)21-9-11-22(12-10-21)39-28(29,30)31/h4-14,16-17H,15H2,1-3H3,(H3,32,34,35,38,40). The number of carbonyl (C=O) groups is 1. The van der Waals surface area contributed by atoms with E-state index in [9.17, 15) is 18.0 Å². The van der Waals surface area contributed by atoms with Crippen LogP contribution in [0.15, 0.2) is 73.1 Å². The molecule has 4 aromatic rings. The largest absolute Gasteiger partial charge is 0.573 e. The fraction of sp³-hybridized carbons (Fsp3) is 0.214. The second-order valence-electron chi connectivity index (χ2n) is 9.26. The number of carbonyl (C=O) groups excluding carboxylic acids is 1. The van der Waals surface area contributed by atoms with Crippen LogP contribution in [0.4, 0.5) is 23.7 Å². The molecule has 4 rings (SSSR count). The Bertz CT molecular complexity index is 1490. The van der Waals surface area contributed by atoms with E-state index in [4.69, 9.17) is 12.2 Å². The molecule has 8 nitrogen and oxygen atoms in total. The van der Waals surface area contributed by atoms with Crippen LogP contribution in [0.1, 0.15) is 36.5 Å². The number of amides is 2. The average molecular weight is 569 g/mol. The molecule has 0 atom stereocenters. The van der Waals surface area contributed by atoms with Crippen molar-refractivity contribution in [2.45, 2.75) is 39.6 Å². The van der Waals surface area contributed by atoms with Crippen molar-refractivity contribution in [2.24, 2.45) is 0 Å². The Morgan fingerprint density at radius 1 is 1.05 bits per heavy atom. The Morgan fingerprint density at radius 2 is 1.75 bits per heavy atom. The molecule has 0 saturated carbocycles. The summed E-state index contributed by atoms with van der Waals surface area (Å²) in [6.07, 6.45) is -3.29. The molecular formula is C28H27F3N6O2S. The first kappa shape index (κ1) is 28.6. The highest BCUT2D eigenvalue weighted by Crippen LogP contribution is 2.26. The molecule has 0 radical (unpaired) electrons. The molecule has 1 heterocycles. The van der Waals surface area contributed by atoms with Gasteiger partial charge in [-0.3, -0.25) is 5.32 Å². The van der Waals surface area contributed by atoms with Gasteiger partial charge in [0.15, 0.2) is 10.9 Å². The van der Waals surface area contributed by atoms with E-state index in [1.165, 1.54) is 35.3 Å². The van der Waals surface area contributed by atoms with Gasteiger partial charge in [-0.15, -0.1) is 18.3 Å². The Labute approximate surface area is 234 Å². The van der Waals surface area contributed by atoms with Crippen molar-refractivity contribution in [2.75, 3.05) is 5.32 Å². The summed E-state index contributed by atoms with van der Waals surface area (Å²) in [4.78, 5) is 16.7. The molecule has 0 bridgehead atoms. The first-order valence-electron chi connectivity index (χ1n) is 12.3. The first-order valence-corrected chi connectivity index (χ1v) is 12.7. The van der Waals surface area contributed by atoms with Gasteiger partial charge < -0.3 is 15.4 Å². The third kappa shape index (κ3) is 7.79. The summed E-state index contributed by atoms with van der Waals surface area (Å²) in [7, 11) is 0. The van der Waals surface area contributed by atoms with Gasteiger partial charge in [-0.05, 0) is 72.1 Å². The van der Waals surface area contributed by atoms with Crippen LogP contribution in [0.2, 0.25) is 0 Å². The summed E-state index contributed by atoms with van der Waals surface area (Å²) >= 11 is 5.32. The number of anilines is 1. The van der Waals surface area contributed by atoms with Crippen LogP contribution < -0.4 is 20.7 Å². The molecule has 12 heteroatoms. The zero-order valence-corrected chi connectivity index (χ0v) is 22.7. The minimum atomic E-state index is -4.75. The second kappa shape index (κ2) is 12.2. The average Bonchev–Trinajstić information content (AvgIpc) is 3.37. The molecule has 40 heavy (non-hydrogen) atoms. The van der Waals surface area contributed by atoms with Gasteiger partial charge in [-0.1, -0.05) is 50.2 Å². The lowest BCUT2D eigenvalue weighted by molar-refractivity contribution is -0.274. The number of benzene rings is 3. The highest BCUT2D eigenvalue weighted by molar-refractivity contribution is 7.80. The van der Waals surface area contributed by atoms with Gasteiger partial charge in [0.1, 0.15) is 12.1 Å². The van der Waals surface area contributed by atoms with Gasteiger partial charge in [0.2, 0.25) is 0 Å². The Kier molecular flexibility index (Phi) is 8.68. The third-order valence-electron chi connectivity index (χ3n) is 5.80. The van der Waals surface area contributed by atoms with E-state index in [1.807, 2.05) is 49.4 Å². The van der Waals surface area contributed by atoms with Crippen molar-refractivity contribution >= 4 is 29.0 Å². The lowest BCUT2D eigenvalue weighted by Gasteiger charge is -2.16. The van der Waals surface area contributed by atoms with Gasteiger partial charge in [0.05, 0.1) is 5.69 Å². The number of urea groups is 1. The maximum Gasteiger partial charge on any atom is 0.573 e. The molecule has 0 aliphatic rings. The molecule has 0 spiro atoms. The van der Waals surface area contributed by atoms with Crippen LogP contribution in [-0.2, 0) is 6.54 Å². The molecule has 2 amide bonds. The van der Waals surface area contributed by atoms with Gasteiger partial charge in [0.25, 0.3) is 0 Å². The van der Waals surface area contributed by atoms with Gasteiger partial charge in [-0.25, -0.2) is 14.5 Å². The number of alkyl halides is 3. The van der Waals surface area contributed by atoms with Crippen LogP contribution in [0.25, 0.3) is 17.1 Å². The summed E-state index contributed by atoms with van der Waals surface area (Å²) in [5.41, 5.74) is 5.14. The molecule has 3 N–H and O–H groups in total. The molecule has 208 valence electrons. The molecule has 0 fully saturated rings. The highest BCUT2D eigenvalue weighted by Gasteiger charge is 2.31. The van der Waals surface area contributed by atoms with Gasteiger partial charge >= 0.3 is 12.4 Å². The maximum atomic E-state index is 12.4. The van der Waals surface area contributed by atoms with Crippen LogP contribution in [0, 0.1) is 6.92 Å². The minimum absolute atomic E-state index is 0.199. The van der Waals surface area contributed by atoms with Gasteiger partial charge in [0, 0.05) is 17.8 Å². The Hall–Kier alpha value is -4.45. The van der Waals surface area contributed by atoms with E-state index in [0.717, 1.165) is 27.9 Å². The SMILES string of the molecule is Cc1ccc(C(C)C)c(NC(=S)NC(=O)NCc2ccc(-c3ncn(-c4ccc(OC(F)(F)F)cc4)n3)cc2)c1. The van der Waals surface area contributed by atoms with Crippen molar-refractivity contribution in [3.05, 3.63) is 89.7 Å².